The number of pyridine rings is 4. The van der Waals surface area contributed by atoms with Crippen molar-refractivity contribution in [2.75, 3.05) is 39.5 Å². The van der Waals surface area contributed by atoms with E-state index < -0.39 is 6.04 Å². The summed E-state index contributed by atoms with van der Waals surface area (Å²) in [6.07, 6.45) is 10.5. The third-order valence-corrected chi connectivity index (χ3v) is 10.3. The topological polar surface area (TPSA) is 189 Å². The summed E-state index contributed by atoms with van der Waals surface area (Å²) >= 11 is 0. The quantitative estimate of drug-likeness (QED) is 0.202. The van der Waals surface area contributed by atoms with Crippen molar-refractivity contribution < 1.29 is 19.1 Å². The summed E-state index contributed by atoms with van der Waals surface area (Å²) in [6, 6.07) is 20.1. The molecular formula is C40H34N12O4. The van der Waals surface area contributed by atoms with Gasteiger partial charge in [0, 0.05) is 59.8 Å². The fourth-order valence-corrected chi connectivity index (χ4v) is 7.41. The van der Waals surface area contributed by atoms with E-state index in [1.54, 1.807) is 40.6 Å². The van der Waals surface area contributed by atoms with Crippen molar-refractivity contribution in [2.24, 2.45) is 0 Å². The van der Waals surface area contributed by atoms with Crippen LogP contribution in [0.2, 0.25) is 0 Å². The fourth-order valence-electron chi connectivity index (χ4n) is 7.41. The van der Waals surface area contributed by atoms with Gasteiger partial charge in [-0.05, 0) is 54.6 Å². The Morgan fingerprint density at radius 1 is 0.750 bits per heavy atom. The maximum atomic E-state index is 14.1. The second-order valence-corrected chi connectivity index (χ2v) is 13.6. The van der Waals surface area contributed by atoms with Gasteiger partial charge in [-0.2, -0.15) is 10.2 Å². The molecule has 8 aromatic rings. The lowest BCUT2D eigenvalue weighted by molar-refractivity contribution is -0.00417. The molecule has 0 aromatic carbocycles. The molecule has 16 nitrogen and oxygen atoms in total. The van der Waals surface area contributed by atoms with E-state index in [4.69, 9.17) is 24.4 Å². The van der Waals surface area contributed by atoms with Crippen LogP contribution in [-0.4, -0.2) is 111 Å². The summed E-state index contributed by atoms with van der Waals surface area (Å²) in [6.45, 7) is 2.44. The zero-order valence-electron chi connectivity index (χ0n) is 29.9. The smallest absolute Gasteiger partial charge is 0.271 e. The SMILES string of the molecule is O=C(c1cc2ccc(-c3cnn(-c4cccc([C@H]5COCCN5C(=O)c5c[nH]c6nc(-c7cn[nH]c7)ccc56)n4)c3)nc2[nH]1)N1CCOC[C@@H]1c1ccccn1. The molecule has 10 heterocycles. The van der Waals surface area contributed by atoms with Gasteiger partial charge in [0.25, 0.3) is 11.8 Å². The Morgan fingerprint density at radius 2 is 1.54 bits per heavy atom. The number of rotatable bonds is 7. The fraction of sp³-hybridized carbons (Fsp3) is 0.200. The van der Waals surface area contributed by atoms with Crippen molar-refractivity contribution in [3.8, 4) is 28.3 Å². The maximum absolute atomic E-state index is 14.1. The van der Waals surface area contributed by atoms with Crippen molar-refractivity contribution in [3.05, 3.63) is 127 Å². The Bertz CT molecular complexity index is 2700. The van der Waals surface area contributed by atoms with Crippen LogP contribution in [0, 0.1) is 0 Å². The summed E-state index contributed by atoms with van der Waals surface area (Å²) in [5.41, 5.74) is 6.72. The van der Waals surface area contributed by atoms with Crippen molar-refractivity contribution in [2.45, 2.75) is 12.1 Å². The molecule has 16 heteroatoms. The van der Waals surface area contributed by atoms with Gasteiger partial charge in [0.05, 0.1) is 79.2 Å². The molecule has 0 radical (unpaired) electrons. The van der Waals surface area contributed by atoms with Gasteiger partial charge in [-0.1, -0.05) is 12.1 Å². The zero-order chi connectivity index (χ0) is 37.6. The normalized spacial score (nSPS) is 17.5. The number of hydrogen-bond donors (Lipinski definition) is 3. The number of amides is 2. The second kappa shape index (κ2) is 14.0. The van der Waals surface area contributed by atoms with Crippen LogP contribution in [0.3, 0.4) is 0 Å². The van der Waals surface area contributed by atoms with E-state index in [0.717, 1.165) is 33.3 Å². The Labute approximate surface area is 318 Å². The zero-order valence-corrected chi connectivity index (χ0v) is 29.9. The molecular weight excluding hydrogens is 713 g/mol. The van der Waals surface area contributed by atoms with Crippen LogP contribution < -0.4 is 0 Å². The summed E-state index contributed by atoms with van der Waals surface area (Å²) in [4.78, 5) is 56.9. The molecule has 0 bridgehead atoms. The van der Waals surface area contributed by atoms with Crippen molar-refractivity contribution >= 4 is 33.9 Å². The molecule has 2 saturated heterocycles. The Kier molecular flexibility index (Phi) is 8.37. The first kappa shape index (κ1) is 33.5. The highest BCUT2D eigenvalue weighted by atomic mass is 16.5. The Morgan fingerprint density at radius 3 is 2.36 bits per heavy atom. The van der Waals surface area contributed by atoms with Gasteiger partial charge in [-0.25, -0.2) is 19.6 Å². The molecule has 2 amide bonds. The lowest BCUT2D eigenvalue weighted by atomic mass is 10.1. The Balaban J connectivity index is 0.882. The van der Waals surface area contributed by atoms with Crippen molar-refractivity contribution in [1.29, 1.82) is 0 Å². The van der Waals surface area contributed by atoms with Gasteiger partial charge in [-0.15, -0.1) is 0 Å². The van der Waals surface area contributed by atoms with Gasteiger partial charge in [0.2, 0.25) is 0 Å². The molecule has 2 aliphatic rings. The standard InChI is InChI=1S/C40H34N12O4/c53-39(28-20-42-38-27(28)8-10-29(48-38)25-17-43-44-18-25)50-12-14-56-23-35(50)32-5-3-6-36(46-32)52-21-26(19-45-52)30-9-7-24-16-33(49-37(24)47-30)40(54)51-13-15-55-22-34(51)31-4-1-2-11-41-31/h1-11,16-21,34-35H,12-15,22-23H2,(H,42,48)(H,43,44)(H,47,49)/t34-,35-/m1/s1. The molecule has 3 N–H and O–H groups in total. The van der Waals surface area contributed by atoms with Crippen LogP contribution in [0.25, 0.3) is 50.4 Å². The molecule has 2 atom stereocenters. The number of H-pyrrole nitrogens is 3. The number of aromatic amines is 3. The lowest BCUT2D eigenvalue weighted by Gasteiger charge is -2.35. The number of carbonyl (C=O) groups is 2. The van der Waals surface area contributed by atoms with E-state index in [1.165, 1.54) is 0 Å². The minimum absolute atomic E-state index is 0.135. The molecule has 278 valence electrons. The predicted molar refractivity (Wildman–Crippen MR) is 204 cm³/mol. The van der Waals surface area contributed by atoms with Gasteiger partial charge in [0.15, 0.2) is 5.82 Å². The van der Waals surface area contributed by atoms with Gasteiger partial charge in [0.1, 0.15) is 17.0 Å². The molecule has 2 aliphatic heterocycles. The number of morpholine rings is 2. The molecule has 2 fully saturated rings. The second-order valence-electron chi connectivity index (χ2n) is 13.6. The van der Waals surface area contributed by atoms with Gasteiger partial charge in [-0.3, -0.25) is 19.7 Å². The number of ether oxygens (including phenoxy) is 2. The van der Waals surface area contributed by atoms with E-state index in [-0.39, 0.29) is 17.9 Å². The first-order chi connectivity index (χ1) is 27.6. The summed E-state index contributed by atoms with van der Waals surface area (Å²) < 4.78 is 13.3. The third-order valence-electron chi connectivity index (χ3n) is 10.3. The highest BCUT2D eigenvalue weighted by Crippen LogP contribution is 2.30. The van der Waals surface area contributed by atoms with E-state index in [2.05, 4.69) is 30.2 Å². The number of hydrogen-bond acceptors (Lipinski definition) is 10. The molecule has 0 spiro atoms. The highest BCUT2D eigenvalue weighted by Gasteiger charge is 2.33. The molecule has 0 saturated carbocycles. The average molecular weight is 747 g/mol. The largest absolute Gasteiger partial charge is 0.377 e. The minimum atomic E-state index is -0.417. The van der Waals surface area contributed by atoms with Gasteiger partial charge >= 0.3 is 0 Å². The van der Waals surface area contributed by atoms with Crippen LogP contribution in [0.5, 0.6) is 0 Å². The number of carbonyl (C=O) groups excluding carboxylic acids is 2. The van der Waals surface area contributed by atoms with E-state index >= 15 is 0 Å². The predicted octanol–water partition coefficient (Wildman–Crippen LogP) is 4.90. The van der Waals surface area contributed by atoms with Crippen molar-refractivity contribution in [1.82, 2.24) is 59.7 Å². The van der Waals surface area contributed by atoms with Crippen LogP contribution >= 0.6 is 0 Å². The van der Waals surface area contributed by atoms with E-state index in [9.17, 15) is 9.59 Å². The van der Waals surface area contributed by atoms with Crippen molar-refractivity contribution in [3.63, 3.8) is 0 Å². The lowest BCUT2D eigenvalue weighted by Crippen LogP contribution is -2.43. The third kappa shape index (κ3) is 6.06. The molecule has 0 aliphatic carbocycles. The first-order valence-corrected chi connectivity index (χ1v) is 18.3. The molecule has 0 unspecified atom stereocenters. The first-order valence-electron chi connectivity index (χ1n) is 18.3. The highest BCUT2D eigenvalue weighted by molar-refractivity contribution is 6.06. The maximum Gasteiger partial charge on any atom is 0.271 e. The summed E-state index contributed by atoms with van der Waals surface area (Å²) in [7, 11) is 0. The number of fused-ring (bicyclic) bond motifs is 2. The van der Waals surface area contributed by atoms with Crippen LogP contribution in [0.1, 0.15) is 44.3 Å². The minimum Gasteiger partial charge on any atom is -0.377 e. The van der Waals surface area contributed by atoms with Crippen LogP contribution in [0.4, 0.5) is 0 Å². The molecule has 8 aromatic heterocycles. The van der Waals surface area contributed by atoms with Gasteiger partial charge < -0.3 is 29.2 Å². The Hall–Kier alpha value is -7.04. The summed E-state index contributed by atoms with van der Waals surface area (Å²) in [5, 5.41) is 13.0. The molecule has 10 rings (SSSR count). The average Bonchev–Trinajstić information content (AvgIpc) is 4.10. The molecule has 56 heavy (non-hydrogen) atoms. The van der Waals surface area contributed by atoms with E-state index in [1.807, 2.05) is 77.8 Å². The van der Waals surface area contributed by atoms with E-state index in [0.29, 0.717) is 79.3 Å². The monoisotopic (exact) mass is 746 g/mol. The summed E-state index contributed by atoms with van der Waals surface area (Å²) in [5.74, 6) is 0.311. The van der Waals surface area contributed by atoms with Crippen LogP contribution in [0.15, 0.2) is 104 Å². The number of nitrogens with zero attached hydrogens (tertiary/aromatic N) is 9. The van der Waals surface area contributed by atoms with Crippen LogP contribution in [-0.2, 0) is 9.47 Å². The number of nitrogens with one attached hydrogen (secondary N) is 3. The number of aromatic nitrogens is 10.